The molecule has 1 amide bonds. The molecule has 3 rings (SSSR count). The highest BCUT2D eigenvalue weighted by Crippen LogP contribution is 2.28. The smallest absolute Gasteiger partial charge is 0.282 e. The van der Waals surface area contributed by atoms with Gasteiger partial charge < -0.3 is 10.2 Å². The fraction of sp³-hybridized carbons (Fsp3) is 0.588. The van der Waals surface area contributed by atoms with E-state index in [-0.39, 0.29) is 17.2 Å². The molecule has 1 saturated heterocycles. The predicted molar refractivity (Wildman–Crippen MR) is 87.5 cm³/mol. The van der Waals surface area contributed by atoms with E-state index in [4.69, 9.17) is 0 Å². The molecule has 6 nitrogen and oxygen atoms in total. The van der Waals surface area contributed by atoms with Crippen molar-refractivity contribution in [1.82, 2.24) is 10.2 Å². The normalized spacial score (nSPS) is 18.9. The van der Waals surface area contributed by atoms with Crippen molar-refractivity contribution < 1.29 is 9.72 Å². The molecular weight excluding hydrogens is 294 g/mol. The molecule has 1 aliphatic heterocycles. The maximum atomic E-state index is 12.7. The first kappa shape index (κ1) is 15.9. The van der Waals surface area contributed by atoms with Gasteiger partial charge in [0.05, 0.1) is 4.92 Å². The number of nitro groups is 1. The van der Waals surface area contributed by atoms with Crippen LogP contribution in [-0.4, -0.2) is 41.4 Å². The number of hydrogen-bond donors (Lipinski definition) is 1. The van der Waals surface area contributed by atoms with Crippen molar-refractivity contribution in [2.45, 2.75) is 38.6 Å². The summed E-state index contributed by atoms with van der Waals surface area (Å²) < 4.78 is 0. The van der Waals surface area contributed by atoms with Gasteiger partial charge in [-0.25, -0.2) is 0 Å². The summed E-state index contributed by atoms with van der Waals surface area (Å²) in [7, 11) is 0. The number of hydrogen-bond acceptors (Lipinski definition) is 4. The van der Waals surface area contributed by atoms with Crippen molar-refractivity contribution in [3.05, 3.63) is 39.4 Å². The summed E-state index contributed by atoms with van der Waals surface area (Å²) >= 11 is 0. The Bertz CT molecular complexity index is 605. The van der Waals surface area contributed by atoms with Gasteiger partial charge in [0.25, 0.3) is 11.6 Å². The molecule has 1 aliphatic carbocycles. The number of benzene rings is 1. The number of nitrogens with one attached hydrogen (secondary N) is 1. The molecule has 0 bridgehead atoms. The molecular formula is C17H23N3O3. The van der Waals surface area contributed by atoms with Gasteiger partial charge >= 0.3 is 0 Å². The van der Waals surface area contributed by atoms with Gasteiger partial charge in [0, 0.05) is 25.2 Å². The van der Waals surface area contributed by atoms with Gasteiger partial charge in [-0.1, -0.05) is 6.07 Å². The van der Waals surface area contributed by atoms with Crippen LogP contribution in [0.1, 0.15) is 41.6 Å². The third-order valence-electron chi connectivity index (χ3n) is 4.75. The molecule has 23 heavy (non-hydrogen) atoms. The zero-order valence-electron chi connectivity index (χ0n) is 13.5. The monoisotopic (exact) mass is 317 g/mol. The maximum absolute atomic E-state index is 12.7. The van der Waals surface area contributed by atoms with Gasteiger partial charge in [-0.2, -0.15) is 0 Å². The third kappa shape index (κ3) is 3.88. The number of piperidine rings is 1. The Balaban J connectivity index is 1.62. The molecule has 1 N–H and O–H groups in total. The lowest BCUT2D eigenvalue weighted by molar-refractivity contribution is -0.385. The van der Waals surface area contributed by atoms with Gasteiger partial charge in [-0.05, 0) is 56.7 Å². The van der Waals surface area contributed by atoms with E-state index in [1.165, 1.54) is 18.9 Å². The van der Waals surface area contributed by atoms with E-state index in [2.05, 4.69) is 5.32 Å². The van der Waals surface area contributed by atoms with E-state index >= 15 is 0 Å². The molecule has 1 aromatic carbocycles. The van der Waals surface area contributed by atoms with Crippen LogP contribution in [0.3, 0.4) is 0 Å². The highest BCUT2D eigenvalue weighted by atomic mass is 16.6. The van der Waals surface area contributed by atoms with Gasteiger partial charge in [-0.3, -0.25) is 14.9 Å². The highest BCUT2D eigenvalue weighted by molar-refractivity contribution is 5.98. The number of carbonyl (C=O) groups excluding carboxylic acids is 1. The zero-order valence-corrected chi connectivity index (χ0v) is 13.5. The van der Waals surface area contributed by atoms with Gasteiger partial charge in [0.15, 0.2) is 0 Å². The van der Waals surface area contributed by atoms with Gasteiger partial charge in [0.2, 0.25) is 0 Å². The number of carbonyl (C=O) groups is 1. The largest absolute Gasteiger partial charge is 0.338 e. The number of nitro benzene ring substituents is 1. The lowest BCUT2D eigenvalue weighted by Gasteiger charge is -2.32. The fourth-order valence-electron chi connectivity index (χ4n) is 3.09. The van der Waals surface area contributed by atoms with Crippen molar-refractivity contribution in [2.24, 2.45) is 5.92 Å². The van der Waals surface area contributed by atoms with E-state index < -0.39 is 4.92 Å². The predicted octanol–water partition coefficient (Wildman–Crippen LogP) is 2.51. The van der Waals surface area contributed by atoms with Crippen LogP contribution < -0.4 is 5.32 Å². The van der Waals surface area contributed by atoms with E-state index in [1.54, 1.807) is 17.0 Å². The van der Waals surface area contributed by atoms with Gasteiger partial charge in [0.1, 0.15) is 5.56 Å². The number of likely N-dealkylation sites (tertiary alicyclic amines) is 1. The number of rotatable bonds is 5. The Morgan fingerprint density at radius 3 is 2.61 bits per heavy atom. The Morgan fingerprint density at radius 1 is 1.30 bits per heavy atom. The Kier molecular flexibility index (Phi) is 4.61. The molecule has 0 spiro atoms. The molecule has 1 saturated carbocycles. The summed E-state index contributed by atoms with van der Waals surface area (Å²) in [5, 5.41) is 14.7. The second-order valence-electron chi connectivity index (χ2n) is 6.70. The zero-order chi connectivity index (χ0) is 16.4. The molecule has 1 heterocycles. The topological polar surface area (TPSA) is 75.5 Å². The van der Waals surface area contributed by atoms with Crippen LogP contribution in [0.2, 0.25) is 0 Å². The first-order chi connectivity index (χ1) is 11.0. The van der Waals surface area contributed by atoms with Crippen LogP contribution in [0.4, 0.5) is 5.69 Å². The second-order valence-corrected chi connectivity index (χ2v) is 6.70. The van der Waals surface area contributed by atoms with Crippen LogP contribution in [0, 0.1) is 23.0 Å². The summed E-state index contributed by atoms with van der Waals surface area (Å²) in [6.45, 7) is 4.25. The van der Waals surface area contributed by atoms with E-state index in [0.29, 0.717) is 19.1 Å². The summed E-state index contributed by atoms with van der Waals surface area (Å²) in [6, 6.07) is 5.18. The Hall–Kier alpha value is -1.95. The van der Waals surface area contributed by atoms with Crippen molar-refractivity contribution in [1.29, 1.82) is 0 Å². The Morgan fingerprint density at radius 2 is 2.00 bits per heavy atom. The van der Waals surface area contributed by atoms with Crippen LogP contribution in [0.5, 0.6) is 0 Å². The van der Waals surface area contributed by atoms with Crippen LogP contribution in [0.15, 0.2) is 18.2 Å². The summed E-state index contributed by atoms with van der Waals surface area (Å²) in [6.07, 6.45) is 4.50. The molecule has 2 fully saturated rings. The van der Waals surface area contributed by atoms with E-state index in [9.17, 15) is 14.9 Å². The van der Waals surface area contributed by atoms with Crippen molar-refractivity contribution in [2.75, 3.05) is 19.6 Å². The molecule has 0 aromatic heterocycles. The molecule has 0 unspecified atom stereocenters. The van der Waals surface area contributed by atoms with Crippen molar-refractivity contribution in [3.8, 4) is 0 Å². The molecule has 0 radical (unpaired) electrons. The maximum Gasteiger partial charge on any atom is 0.282 e. The standard InChI is InChI=1S/C17H23N3O3/c1-12-2-5-16(20(22)23)15(10-12)17(21)19-8-6-14(7-9-19)18-11-13-3-4-13/h2,5,10,13-14,18H,3-4,6-9,11H2,1H3. The lowest BCUT2D eigenvalue weighted by atomic mass is 10.0. The highest BCUT2D eigenvalue weighted by Gasteiger charge is 2.29. The van der Waals surface area contributed by atoms with E-state index in [0.717, 1.165) is 30.9 Å². The first-order valence-corrected chi connectivity index (χ1v) is 8.32. The van der Waals surface area contributed by atoms with E-state index in [1.807, 2.05) is 6.92 Å². The quantitative estimate of drug-likeness (QED) is 0.669. The summed E-state index contributed by atoms with van der Waals surface area (Å²) in [5.74, 6) is 0.630. The van der Waals surface area contributed by atoms with Crippen molar-refractivity contribution in [3.63, 3.8) is 0 Å². The molecule has 6 heteroatoms. The minimum Gasteiger partial charge on any atom is -0.338 e. The van der Waals surface area contributed by atoms with Crippen LogP contribution in [0.25, 0.3) is 0 Å². The minimum absolute atomic E-state index is 0.102. The van der Waals surface area contributed by atoms with Gasteiger partial charge in [-0.15, -0.1) is 0 Å². The number of aryl methyl sites for hydroxylation is 1. The SMILES string of the molecule is Cc1ccc([N+](=O)[O-])c(C(=O)N2CCC(NCC3CC3)CC2)c1. The number of amides is 1. The summed E-state index contributed by atoms with van der Waals surface area (Å²) in [4.78, 5) is 25.1. The average molecular weight is 317 g/mol. The average Bonchev–Trinajstić information content (AvgIpc) is 3.36. The molecule has 0 atom stereocenters. The fourth-order valence-corrected chi connectivity index (χ4v) is 3.09. The molecule has 2 aliphatic rings. The molecule has 124 valence electrons. The number of nitrogens with zero attached hydrogens (tertiary/aromatic N) is 2. The second kappa shape index (κ2) is 6.66. The summed E-state index contributed by atoms with van der Waals surface area (Å²) in [5.41, 5.74) is 0.967. The third-order valence-corrected chi connectivity index (χ3v) is 4.75. The molecule has 1 aromatic rings. The van der Waals surface area contributed by atoms with Crippen LogP contribution >= 0.6 is 0 Å². The van der Waals surface area contributed by atoms with Crippen molar-refractivity contribution >= 4 is 11.6 Å². The minimum atomic E-state index is -0.476. The lowest BCUT2D eigenvalue weighted by Crippen LogP contribution is -2.45. The first-order valence-electron chi connectivity index (χ1n) is 8.32. The van der Waals surface area contributed by atoms with Crippen LogP contribution in [-0.2, 0) is 0 Å². The Labute approximate surface area is 136 Å².